The Bertz CT molecular complexity index is 923. The molecule has 0 aliphatic carbocycles. The fourth-order valence-corrected chi connectivity index (χ4v) is 5.22. The molecule has 0 spiro atoms. The Morgan fingerprint density at radius 3 is 2.61 bits per heavy atom. The number of halogens is 2. The summed E-state index contributed by atoms with van der Waals surface area (Å²) in [6, 6.07) is 12.9. The Balaban J connectivity index is 1.81. The summed E-state index contributed by atoms with van der Waals surface area (Å²) in [7, 11) is -3.70. The Kier molecular flexibility index (Phi) is 4.77. The average molecular weight is 433 g/mol. The third-order valence-corrected chi connectivity index (χ3v) is 6.68. The maximum absolute atomic E-state index is 12.3. The van der Waals surface area contributed by atoms with Crippen LogP contribution in [-0.4, -0.2) is 18.2 Å². The van der Waals surface area contributed by atoms with Crippen molar-refractivity contribution in [3.63, 3.8) is 0 Å². The van der Waals surface area contributed by atoms with E-state index < -0.39 is 10.0 Å². The minimum absolute atomic E-state index is 0.118. The monoisotopic (exact) mass is 431 g/mol. The summed E-state index contributed by atoms with van der Waals surface area (Å²) in [4.78, 5) is 0. The van der Waals surface area contributed by atoms with E-state index in [0.717, 1.165) is 20.7 Å². The van der Waals surface area contributed by atoms with Gasteiger partial charge >= 0.3 is 0 Å². The lowest BCUT2D eigenvalue weighted by molar-refractivity contribution is 0.602. The molecule has 9 heteroatoms. The van der Waals surface area contributed by atoms with Gasteiger partial charge in [-0.15, -0.1) is 11.3 Å². The second kappa shape index (κ2) is 6.64. The fourth-order valence-electron chi connectivity index (χ4n) is 1.94. The molecule has 0 aliphatic rings. The van der Waals surface area contributed by atoms with E-state index >= 15 is 0 Å². The molecule has 5 nitrogen and oxygen atoms in total. The van der Waals surface area contributed by atoms with Gasteiger partial charge in [0.25, 0.3) is 10.0 Å². The first-order chi connectivity index (χ1) is 10.9. The van der Waals surface area contributed by atoms with Crippen molar-refractivity contribution in [1.29, 1.82) is 0 Å². The molecule has 2 heterocycles. The number of aromatic nitrogens is 2. The van der Waals surface area contributed by atoms with Crippen LogP contribution in [-0.2, 0) is 16.6 Å². The standard InChI is InChI=1S/C14H11BrClN3O2S2/c15-12-6-7-13(22-12)23(20,21)18-14-11(16)9-19(17-14)8-10-4-2-1-3-5-10/h1-7,9H,8H2,(H,17,18). The second-order valence-electron chi connectivity index (χ2n) is 4.67. The lowest BCUT2D eigenvalue weighted by Crippen LogP contribution is -2.12. The van der Waals surface area contributed by atoms with Gasteiger partial charge in [-0.2, -0.15) is 5.10 Å². The zero-order chi connectivity index (χ0) is 16.4. The number of hydrogen-bond donors (Lipinski definition) is 1. The second-order valence-corrected chi connectivity index (χ2v) is 9.45. The summed E-state index contributed by atoms with van der Waals surface area (Å²) >= 11 is 10.5. The summed E-state index contributed by atoms with van der Waals surface area (Å²) in [5.74, 6) is 0.118. The van der Waals surface area contributed by atoms with Crippen LogP contribution in [0.2, 0.25) is 5.02 Å². The molecule has 0 bridgehead atoms. The molecule has 0 saturated carbocycles. The van der Waals surface area contributed by atoms with Crippen LogP contribution >= 0.6 is 38.9 Å². The number of rotatable bonds is 5. The molecule has 0 aliphatic heterocycles. The van der Waals surface area contributed by atoms with Gasteiger partial charge in [-0.3, -0.25) is 9.40 Å². The molecular formula is C14H11BrClN3O2S2. The summed E-state index contributed by atoms with van der Waals surface area (Å²) in [5.41, 5.74) is 1.04. The van der Waals surface area contributed by atoms with Gasteiger partial charge in [0, 0.05) is 6.20 Å². The molecule has 0 amide bonds. The Labute approximate surface area is 151 Å². The van der Waals surface area contributed by atoms with Crippen molar-refractivity contribution in [2.45, 2.75) is 10.8 Å². The fraction of sp³-hybridized carbons (Fsp3) is 0.0714. The maximum Gasteiger partial charge on any atom is 0.272 e. The Morgan fingerprint density at radius 2 is 1.96 bits per heavy atom. The number of hydrogen-bond acceptors (Lipinski definition) is 4. The van der Waals surface area contributed by atoms with Crippen molar-refractivity contribution in [2.24, 2.45) is 0 Å². The zero-order valence-electron chi connectivity index (χ0n) is 11.6. The first-order valence-corrected chi connectivity index (χ1v) is 9.96. The molecule has 0 atom stereocenters. The molecule has 3 aromatic rings. The first kappa shape index (κ1) is 16.5. The minimum Gasteiger partial charge on any atom is -0.265 e. The van der Waals surface area contributed by atoms with E-state index in [-0.39, 0.29) is 15.0 Å². The number of sulfonamides is 1. The van der Waals surface area contributed by atoms with Gasteiger partial charge in [-0.05, 0) is 33.6 Å². The van der Waals surface area contributed by atoms with Crippen molar-refractivity contribution < 1.29 is 8.42 Å². The maximum atomic E-state index is 12.3. The summed E-state index contributed by atoms with van der Waals surface area (Å²) in [6.07, 6.45) is 1.59. The third kappa shape index (κ3) is 3.95. The lowest BCUT2D eigenvalue weighted by Gasteiger charge is -2.03. The summed E-state index contributed by atoms with van der Waals surface area (Å²) in [6.45, 7) is 0.507. The van der Waals surface area contributed by atoms with E-state index in [0.29, 0.717) is 6.54 Å². The van der Waals surface area contributed by atoms with Gasteiger partial charge in [0.1, 0.15) is 9.23 Å². The number of thiophene rings is 1. The first-order valence-electron chi connectivity index (χ1n) is 6.49. The molecule has 0 saturated heterocycles. The van der Waals surface area contributed by atoms with Crippen LogP contribution in [0, 0.1) is 0 Å². The van der Waals surface area contributed by atoms with Gasteiger partial charge in [0.05, 0.1) is 10.3 Å². The van der Waals surface area contributed by atoms with Crippen molar-refractivity contribution in [1.82, 2.24) is 9.78 Å². The zero-order valence-corrected chi connectivity index (χ0v) is 15.6. The molecular weight excluding hydrogens is 422 g/mol. The van der Waals surface area contributed by atoms with Gasteiger partial charge in [-0.1, -0.05) is 41.9 Å². The van der Waals surface area contributed by atoms with Gasteiger partial charge in [0.2, 0.25) is 0 Å². The highest BCUT2D eigenvalue weighted by Crippen LogP contribution is 2.29. The topological polar surface area (TPSA) is 64.0 Å². The van der Waals surface area contributed by atoms with Crippen molar-refractivity contribution >= 4 is 54.7 Å². The Hall–Kier alpha value is -1.35. The molecule has 1 aromatic carbocycles. The molecule has 1 N–H and O–H groups in total. The molecule has 0 radical (unpaired) electrons. The highest BCUT2D eigenvalue weighted by molar-refractivity contribution is 9.11. The smallest absolute Gasteiger partial charge is 0.265 e. The van der Waals surface area contributed by atoms with Crippen molar-refractivity contribution in [3.8, 4) is 0 Å². The van der Waals surface area contributed by atoms with Crippen molar-refractivity contribution in [3.05, 3.63) is 63.0 Å². The lowest BCUT2D eigenvalue weighted by atomic mass is 10.2. The van der Waals surface area contributed by atoms with Crippen LogP contribution in [0.5, 0.6) is 0 Å². The van der Waals surface area contributed by atoms with Gasteiger partial charge in [0.15, 0.2) is 5.82 Å². The predicted octanol–water partition coefficient (Wildman–Crippen LogP) is 4.21. The summed E-state index contributed by atoms with van der Waals surface area (Å²) in [5, 5.41) is 4.46. The number of benzene rings is 1. The van der Waals surface area contributed by atoms with Crippen LogP contribution in [0.3, 0.4) is 0 Å². The van der Waals surface area contributed by atoms with Crippen LogP contribution in [0.15, 0.2) is 56.7 Å². The Morgan fingerprint density at radius 1 is 1.22 bits per heavy atom. The van der Waals surface area contributed by atoms with Gasteiger partial charge < -0.3 is 0 Å². The van der Waals surface area contributed by atoms with Crippen LogP contribution < -0.4 is 4.72 Å². The molecule has 23 heavy (non-hydrogen) atoms. The predicted molar refractivity (Wildman–Crippen MR) is 95.6 cm³/mol. The van der Waals surface area contributed by atoms with Crippen LogP contribution in [0.4, 0.5) is 5.82 Å². The highest BCUT2D eigenvalue weighted by Gasteiger charge is 2.20. The molecule has 0 unspecified atom stereocenters. The molecule has 3 rings (SSSR count). The van der Waals surface area contributed by atoms with Crippen LogP contribution in [0.1, 0.15) is 5.56 Å². The normalized spacial score (nSPS) is 11.6. The van der Waals surface area contributed by atoms with E-state index in [1.807, 2.05) is 30.3 Å². The van der Waals surface area contributed by atoms with E-state index in [9.17, 15) is 8.42 Å². The van der Waals surface area contributed by atoms with Crippen LogP contribution in [0.25, 0.3) is 0 Å². The number of nitrogens with one attached hydrogen (secondary N) is 1. The molecule has 2 aromatic heterocycles. The largest absolute Gasteiger partial charge is 0.272 e. The van der Waals surface area contributed by atoms with E-state index in [2.05, 4.69) is 25.8 Å². The minimum atomic E-state index is -3.70. The molecule has 0 fully saturated rings. The molecule has 120 valence electrons. The SMILES string of the molecule is O=S(=O)(Nc1nn(Cc2ccccc2)cc1Cl)c1ccc(Br)s1. The number of nitrogens with zero attached hydrogens (tertiary/aromatic N) is 2. The average Bonchev–Trinajstić information content (AvgIpc) is 3.07. The van der Waals surface area contributed by atoms with Gasteiger partial charge in [-0.25, -0.2) is 8.42 Å². The quantitative estimate of drug-likeness (QED) is 0.657. The third-order valence-electron chi connectivity index (χ3n) is 2.95. The van der Waals surface area contributed by atoms with E-state index in [1.165, 1.54) is 6.07 Å². The summed E-state index contributed by atoms with van der Waals surface area (Å²) < 4.78 is 29.6. The van der Waals surface area contributed by atoms with Crippen molar-refractivity contribution in [2.75, 3.05) is 4.72 Å². The van der Waals surface area contributed by atoms with E-state index in [1.54, 1.807) is 16.9 Å². The number of anilines is 1. The van der Waals surface area contributed by atoms with E-state index in [4.69, 9.17) is 11.6 Å². The highest BCUT2D eigenvalue weighted by atomic mass is 79.9.